The van der Waals surface area contributed by atoms with Crippen LogP contribution in [0.2, 0.25) is 10.0 Å². The van der Waals surface area contributed by atoms with Crippen molar-refractivity contribution in [2.45, 2.75) is 18.0 Å². The maximum absolute atomic E-state index is 12.7. The molecule has 0 saturated carbocycles. The van der Waals surface area contributed by atoms with E-state index in [0.717, 1.165) is 27.0 Å². The normalized spacial score (nSPS) is 11.6. The Labute approximate surface area is 232 Å². The average molecular weight is 617 g/mol. The smallest absolute Gasteiger partial charge is 0.242 e. The Bertz CT molecular complexity index is 1710. The second-order valence-corrected chi connectivity index (χ2v) is 11.6. The highest BCUT2D eigenvalue weighted by atomic mass is 79.9. The van der Waals surface area contributed by atoms with Crippen LogP contribution < -0.4 is 10.0 Å². The Morgan fingerprint density at radius 3 is 2.32 bits per heavy atom. The predicted molar refractivity (Wildman–Crippen MR) is 150 cm³/mol. The lowest BCUT2D eigenvalue weighted by Crippen LogP contribution is -2.23. The molecule has 0 atom stereocenters. The first kappa shape index (κ1) is 25.7. The monoisotopic (exact) mass is 615 g/mol. The molecule has 0 aliphatic carbocycles. The first-order valence-corrected chi connectivity index (χ1v) is 14.2. The molecule has 0 aliphatic heterocycles. The number of nitrogens with zero attached hydrogens (tertiary/aromatic N) is 3. The van der Waals surface area contributed by atoms with E-state index in [9.17, 15) is 8.42 Å². The zero-order chi connectivity index (χ0) is 26.0. The molecule has 3 aromatic carbocycles. The van der Waals surface area contributed by atoms with Crippen LogP contribution in [0.4, 0.5) is 5.82 Å². The molecule has 0 radical (unpaired) electrons. The first-order valence-electron chi connectivity index (χ1n) is 11.2. The lowest BCUT2D eigenvalue weighted by molar-refractivity contribution is 0.581. The van der Waals surface area contributed by atoms with Gasteiger partial charge in [0.2, 0.25) is 10.0 Å². The number of halogens is 3. The topological polar surface area (TPSA) is 88.4 Å². The van der Waals surface area contributed by atoms with Gasteiger partial charge in [-0.15, -0.1) is 0 Å². The van der Waals surface area contributed by atoms with Gasteiger partial charge in [-0.1, -0.05) is 77.8 Å². The number of rotatable bonds is 8. The van der Waals surface area contributed by atoms with Crippen molar-refractivity contribution < 1.29 is 8.42 Å². The number of nitrogens with one attached hydrogen (secondary N) is 2. The molecule has 2 N–H and O–H groups in total. The molecular formula is C26H20BrCl2N5O2S. The van der Waals surface area contributed by atoms with Gasteiger partial charge in [0.1, 0.15) is 10.7 Å². The summed E-state index contributed by atoms with van der Waals surface area (Å²) in [6.45, 7) is 0.604. The van der Waals surface area contributed by atoms with Crippen molar-refractivity contribution in [3.05, 3.63) is 111 Å². The molecule has 5 aromatic rings. The van der Waals surface area contributed by atoms with Crippen LogP contribution in [0, 0.1) is 0 Å². The molecule has 7 nitrogen and oxygen atoms in total. The largest absolute Gasteiger partial charge is 0.366 e. The van der Waals surface area contributed by atoms with Crippen molar-refractivity contribution in [3.63, 3.8) is 0 Å². The van der Waals surface area contributed by atoms with E-state index in [2.05, 4.69) is 31.1 Å². The van der Waals surface area contributed by atoms with Crippen molar-refractivity contribution in [2.75, 3.05) is 5.32 Å². The molecule has 2 heterocycles. The summed E-state index contributed by atoms with van der Waals surface area (Å²) >= 11 is 16.0. The molecule has 2 aromatic heterocycles. The highest BCUT2D eigenvalue weighted by Crippen LogP contribution is 2.30. The van der Waals surface area contributed by atoms with Gasteiger partial charge in [0.25, 0.3) is 0 Å². The fourth-order valence-corrected chi connectivity index (χ4v) is 5.95. The number of fused-ring (bicyclic) bond motifs is 1. The number of hydrogen-bond acceptors (Lipinski definition) is 5. The maximum atomic E-state index is 12.7. The third-order valence-corrected chi connectivity index (χ3v) is 8.43. The summed E-state index contributed by atoms with van der Waals surface area (Å²) in [5.74, 6) is 0.732. The second kappa shape index (κ2) is 10.8. The van der Waals surface area contributed by atoms with E-state index in [4.69, 9.17) is 28.2 Å². The molecule has 0 bridgehead atoms. The van der Waals surface area contributed by atoms with Crippen molar-refractivity contribution in [3.8, 4) is 11.3 Å². The summed E-state index contributed by atoms with van der Waals surface area (Å²) in [5, 5.41) is 8.63. The van der Waals surface area contributed by atoms with Crippen LogP contribution in [0.1, 0.15) is 11.1 Å². The zero-order valence-corrected chi connectivity index (χ0v) is 23.1. The Morgan fingerprint density at radius 1 is 0.865 bits per heavy atom. The summed E-state index contributed by atoms with van der Waals surface area (Å²) < 4.78 is 30.5. The summed E-state index contributed by atoms with van der Waals surface area (Å²) in [6.07, 6.45) is 1.69. The van der Waals surface area contributed by atoms with Crippen LogP contribution >= 0.6 is 39.1 Å². The van der Waals surface area contributed by atoms with Gasteiger partial charge in [-0.25, -0.2) is 18.1 Å². The van der Waals surface area contributed by atoms with Gasteiger partial charge in [0.15, 0.2) is 5.65 Å². The first-order chi connectivity index (χ1) is 17.8. The minimum Gasteiger partial charge on any atom is -0.366 e. The minimum absolute atomic E-state index is 0.0518. The molecule has 37 heavy (non-hydrogen) atoms. The molecule has 0 saturated heterocycles. The van der Waals surface area contributed by atoms with Gasteiger partial charge >= 0.3 is 0 Å². The third-order valence-electron chi connectivity index (χ3n) is 5.64. The Hall–Kier alpha value is -2.95. The van der Waals surface area contributed by atoms with Crippen molar-refractivity contribution in [1.29, 1.82) is 0 Å². The van der Waals surface area contributed by atoms with E-state index in [-0.39, 0.29) is 16.5 Å². The Morgan fingerprint density at radius 2 is 1.57 bits per heavy atom. The number of anilines is 1. The Balaban J connectivity index is 1.36. The standard InChI is InChI=1S/C26H20BrCl2N5O2S/c27-20-16-31-34-25(13-23(33-26(20)34)19-8-1-2-9-21(19)28)30-14-17-6-5-7-18(12-17)15-32-37(35,36)24-11-4-3-10-22(24)29/h1-13,16,30,32H,14-15H2. The lowest BCUT2D eigenvalue weighted by Gasteiger charge is -2.13. The fourth-order valence-electron chi connectivity index (χ4n) is 3.83. The molecule has 0 amide bonds. The number of sulfonamides is 1. The predicted octanol–water partition coefficient (Wildman–Crippen LogP) is 6.56. The summed E-state index contributed by atoms with van der Waals surface area (Å²) in [4.78, 5) is 4.78. The molecular weight excluding hydrogens is 597 g/mol. The van der Waals surface area contributed by atoms with E-state index in [0.29, 0.717) is 22.9 Å². The van der Waals surface area contributed by atoms with Gasteiger partial charge in [-0.05, 0) is 45.3 Å². The maximum Gasteiger partial charge on any atom is 0.242 e. The van der Waals surface area contributed by atoms with E-state index in [1.54, 1.807) is 28.9 Å². The molecule has 11 heteroatoms. The number of aromatic nitrogens is 3. The second-order valence-electron chi connectivity index (χ2n) is 8.16. The zero-order valence-electron chi connectivity index (χ0n) is 19.2. The van der Waals surface area contributed by atoms with Gasteiger partial charge in [0, 0.05) is 29.7 Å². The fraction of sp³-hybridized carbons (Fsp3) is 0.0769. The molecule has 5 rings (SSSR count). The highest BCUT2D eigenvalue weighted by molar-refractivity contribution is 9.10. The summed E-state index contributed by atoms with van der Waals surface area (Å²) in [5.41, 5.74) is 3.96. The molecule has 0 unspecified atom stereocenters. The van der Waals surface area contributed by atoms with Crippen LogP contribution in [0.25, 0.3) is 16.9 Å². The minimum atomic E-state index is -3.75. The van der Waals surface area contributed by atoms with Crippen LogP contribution in [-0.2, 0) is 23.1 Å². The van der Waals surface area contributed by atoms with Crippen LogP contribution in [0.15, 0.2) is 94.4 Å². The van der Waals surface area contributed by atoms with Gasteiger partial charge in [-0.2, -0.15) is 9.61 Å². The van der Waals surface area contributed by atoms with E-state index in [1.165, 1.54) is 6.07 Å². The molecule has 188 valence electrons. The van der Waals surface area contributed by atoms with Crippen molar-refractivity contribution in [2.24, 2.45) is 0 Å². The van der Waals surface area contributed by atoms with Gasteiger partial charge in [0.05, 0.1) is 21.4 Å². The van der Waals surface area contributed by atoms with Gasteiger partial charge in [-0.3, -0.25) is 0 Å². The van der Waals surface area contributed by atoms with Crippen molar-refractivity contribution in [1.82, 2.24) is 19.3 Å². The van der Waals surface area contributed by atoms with E-state index in [1.807, 2.05) is 54.6 Å². The SMILES string of the molecule is O=S(=O)(NCc1cccc(CNc2cc(-c3ccccc3Cl)nc3c(Br)cnn23)c1)c1ccccc1Cl. The van der Waals surface area contributed by atoms with E-state index >= 15 is 0 Å². The third kappa shape index (κ3) is 5.66. The van der Waals surface area contributed by atoms with Crippen LogP contribution in [-0.4, -0.2) is 23.0 Å². The lowest BCUT2D eigenvalue weighted by atomic mass is 10.1. The molecule has 0 fully saturated rings. The molecule has 0 spiro atoms. The van der Waals surface area contributed by atoms with Crippen LogP contribution in [0.3, 0.4) is 0 Å². The molecule has 0 aliphatic rings. The highest BCUT2D eigenvalue weighted by Gasteiger charge is 2.17. The van der Waals surface area contributed by atoms with Crippen molar-refractivity contribution >= 4 is 60.6 Å². The van der Waals surface area contributed by atoms with E-state index < -0.39 is 10.0 Å². The van der Waals surface area contributed by atoms with Gasteiger partial charge < -0.3 is 5.32 Å². The average Bonchev–Trinajstić information content (AvgIpc) is 3.27. The van der Waals surface area contributed by atoms with Crippen LogP contribution in [0.5, 0.6) is 0 Å². The number of hydrogen-bond donors (Lipinski definition) is 2. The Kier molecular flexibility index (Phi) is 7.50. The number of benzene rings is 3. The summed E-state index contributed by atoms with van der Waals surface area (Å²) in [7, 11) is -3.75. The summed E-state index contributed by atoms with van der Waals surface area (Å²) in [6, 6.07) is 23.4. The quantitative estimate of drug-likeness (QED) is 0.206.